The Kier molecular flexibility index (Phi) is 9.65. The lowest BCUT2D eigenvalue weighted by Crippen LogP contribution is -2.37. The van der Waals surface area contributed by atoms with E-state index in [-0.39, 0.29) is 5.91 Å². The Morgan fingerprint density at radius 3 is 2.26 bits per heavy atom. The minimum Gasteiger partial charge on any atom is -0.444 e. The van der Waals surface area contributed by atoms with Crippen LogP contribution in [0, 0.1) is 0 Å². The summed E-state index contributed by atoms with van der Waals surface area (Å²) in [5, 5.41) is 6.33. The molecule has 0 saturated carbocycles. The van der Waals surface area contributed by atoms with E-state index >= 15 is 0 Å². The van der Waals surface area contributed by atoms with Crippen molar-refractivity contribution in [1.29, 1.82) is 0 Å². The van der Waals surface area contributed by atoms with Gasteiger partial charge in [0, 0.05) is 24.8 Å². The lowest BCUT2D eigenvalue weighted by atomic mass is 10.2. The zero-order chi connectivity index (χ0) is 14.7. The van der Waals surface area contributed by atoms with Gasteiger partial charge in [0.15, 0.2) is 0 Å². The Bertz CT molecular complexity index is 278. The Labute approximate surface area is 124 Å². The van der Waals surface area contributed by atoms with E-state index < -0.39 is 11.7 Å². The van der Waals surface area contributed by atoms with Crippen LogP contribution in [-0.2, 0) is 9.53 Å². The van der Waals surface area contributed by atoms with E-state index in [2.05, 4.69) is 26.6 Å². The number of rotatable bonds is 8. The normalized spacial score (nSPS) is 10.9. The molecule has 2 amide bonds. The van der Waals surface area contributed by atoms with Crippen molar-refractivity contribution in [2.75, 3.05) is 18.4 Å². The van der Waals surface area contributed by atoms with E-state index in [1.165, 1.54) is 0 Å². The zero-order valence-electron chi connectivity index (χ0n) is 12.1. The minimum atomic E-state index is -0.497. The van der Waals surface area contributed by atoms with Crippen LogP contribution in [0.3, 0.4) is 0 Å². The lowest BCUT2D eigenvalue weighted by Gasteiger charge is -2.19. The van der Waals surface area contributed by atoms with E-state index in [0.717, 1.165) is 24.6 Å². The molecule has 2 N–H and O–H groups in total. The fourth-order valence-corrected chi connectivity index (χ4v) is 1.72. The molecule has 0 aliphatic rings. The highest BCUT2D eigenvalue weighted by atomic mass is 79.9. The summed E-state index contributed by atoms with van der Waals surface area (Å²) in [5.41, 5.74) is -0.497. The number of hydrogen-bond acceptors (Lipinski definition) is 3. The molecule has 0 fully saturated rings. The second kappa shape index (κ2) is 10.1. The van der Waals surface area contributed by atoms with Crippen LogP contribution < -0.4 is 10.6 Å². The Morgan fingerprint density at radius 2 is 1.68 bits per heavy atom. The van der Waals surface area contributed by atoms with Gasteiger partial charge in [-0.05, 0) is 33.6 Å². The van der Waals surface area contributed by atoms with Crippen molar-refractivity contribution in [3.05, 3.63) is 0 Å². The first-order chi connectivity index (χ1) is 8.85. The van der Waals surface area contributed by atoms with Gasteiger partial charge in [0.25, 0.3) is 0 Å². The van der Waals surface area contributed by atoms with Gasteiger partial charge in [0.05, 0.1) is 0 Å². The monoisotopic (exact) mass is 336 g/mol. The van der Waals surface area contributed by atoms with Crippen LogP contribution in [0.25, 0.3) is 0 Å². The maximum Gasteiger partial charge on any atom is 0.407 e. The summed E-state index contributed by atoms with van der Waals surface area (Å²) in [7, 11) is 0. The van der Waals surface area contributed by atoms with E-state index in [4.69, 9.17) is 4.74 Å². The molecule has 0 rings (SSSR count). The highest BCUT2D eigenvalue weighted by Crippen LogP contribution is 2.06. The SMILES string of the molecule is CC(C)(C)OC(=O)NCCNC(=O)CCCCCBr. The van der Waals surface area contributed by atoms with Gasteiger partial charge in [-0.1, -0.05) is 22.4 Å². The summed E-state index contributed by atoms with van der Waals surface area (Å²) in [4.78, 5) is 22.7. The Balaban J connectivity index is 3.48. The third-order valence-electron chi connectivity index (χ3n) is 2.15. The van der Waals surface area contributed by atoms with Gasteiger partial charge < -0.3 is 15.4 Å². The molecular weight excluding hydrogens is 312 g/mol. The van der Waals surface area contributed by atoms with E-state index in [0.29, 0.717) is 19.5 Å². The van der Waals surface area contributed by atoms with Crippen molar-refractivity contribution in [2.24, 2.45) is 0 Å². The van der Waals surface area contributed by atoms with E-state index in [1.807, 2.05) is 0 Å². The molecule has 0 saturated heterocycles. The highest BCUT2D eigenvalue weighted by Gasteiger charge is 2.15. The number of hydrogen-bond donors (Lipinski definition) is 2. The molecule has 0 bridgehead atoms. The molecule has 112 valence electrons. The number of carbonyl (C=O) groups is 2. The minimum absolute atomic E-state index is 0.0283. The Hall–Kier alpha value is -0.780. The van der Waals surface area contributed by atoms with Crippen LogP contribution in [0.4, 0.5) is 4.79 Å². The van der Waals surface area contributed by atoms with Crippen LogP contribution in [0.2, 0.25) is 0 Å². The highest BCUT2D eigenvalue weighted by molar-refractivity contribution is 9.09. The van der Waals surface area contributed by atoms with Crippen LogP contribution in [-0.4, -0.2) is 36.0 Å². The third-order valence-corrected chi connectivity index (χ3v) is 2.71. The van der Waals surface area contributed by atoms with Crippen molar-refractivity contribution >= 4 is 27.9 Å². The molecule has 0 aliphatic carbocycles. The van der Waals surface area contributed by atoms with Crippen molar-refractivity contribution in [2.45, 2.75) is 52.1 Å². The molecule has 0 heterocycles. The molecule has 19 heavy (non-hydrogen) atoms. The molecule has 0 unspecified atom stereocenters. The number of alkyl carbamates (subject to hydrolysis) is 1. The van der Waals surface area contributed by atoms with Gasteiger partial charge in [-0.3, -0.25) is 4.79 Å². The van der Waals surface area contributed by atoms with Crippen molar-refractivity contribution < 1.29 is 14.3 Å². The summed E-state index contributed by atoms with van der Waals surface area (Å²) in [6, 6.07) is 0. The second-order valence-electron chi connectivity index (χ2n) is 5.28. The first-order valence-electron chi connectivity index (χ1n) is 6.64. The molecule has 6 heteroatoms. The molecule has 0 spiro atoms. The topological polar surface area (TPSA) is 67.4 Å². The molecule has 0 radical (unpaired) electrons. The molecule has 0 aliphatic heterocycles. The maximum absolute atomic E-state index is 11.4. The molecular formula is C13H25BrN2O3. The zero-order valence-corrected chi connectivity index (χ0v) is 13.6. The smallest absolute Gasteiger partial charge is 0.407 e. The van der Waals surface area contributed by atoms with Crippen LogP contribution >= 0.6 is 15.9 Å². The summed E-state index contributed by atoms with van der Waals surface area (Å²) in [6.45, 7) is 6.22. The van der Waals surface area contributed by atoms with Crippen LogP contribution in [0.1, 0.15) is 46.5 Å². The average Bonchev–Trinajstić information content (AvgIpc) is 2.28. The van der Waals surface area contributed by atoms with Gasteiger partial charge in [0.2, 0.25) is 5.91 Å². The van der Waals surface area contributed by atoms with Gasteiger partial charge in [0.1, 0.15) is 5.60 Å². The molecule has 0 aromatic carbocycles. The number of alkyl halides is 1. The fourth-order valence-electron chi connectivity index (χ4n) is 1.33. The molecule has 0 aromatic rings. The summed E-state index contributed by atoms with van der Waals surface area (Å²) in [6.07, 6.45) is 3.12. The predicted octanol–water partition coefficient (Wildman–Crippen LogP) is 2.58. The Morgan fingerprint density at radius 1 is 1.05 bits per heavy atom. The van der Waals surface area contributed by atoms with Gasteiger partial charge in [-0.25, -0.2) is 4.79 Å². The van der Waals surface area contributed by atoms with Gasteiger partial charge in [-0.2, -0.15) is 0 Å². The predicted molar refractivity (Wildman–Crippen MR) is 79.5 cm³/mol. The van der Waals surface area contributed by atoms with Gasteiger partial charge in [-0.15, -0.1) is 0 Å². The largest absolute Gasteiger partial charge is 0.444 e. The average molecular weight is 337 g/mol. The molecule has 5 nitrogen and oxygen atoms in total. The number of ether oxygens (including phenoxy) is 1. The fraction of sp³-hybridized carbons (Fsp3) is 0.846. The van der Waals surface area contributed by atoms with Crippen LogP contribution in [0.5, 0.6) is 0 Å². The number of nitrogens with one attached hydrogen (secondary N) is 2. The second-order valence-corrected chi connectivity index (χ2v) is 6.07. The van der Waals surface area contributed by atoms with E-state index in [9.17, 15) is 9.59 Å². The van der Waals surface area contributed by atoms with Crippen molar-refractivity contribution in [3.8, 4) is 0 Å². The first-order valence-corrected chi connectivity index (χ1v) is 7.77. The summed E-state index contributed by atoms with van der Waals surface area (Å²) < 4.78 is 5.07. The first kappa shape index (κ1) is 18.2. The number of carbonyl (C=O) groups excluding carboxylic acids is 2. The lowest BCUT2D eigenvalue weighted by molar-refractivity contribution is -0.121. The van der Waals surface area contributed by atoms with Crippen molar-refractivity contribution in [3.63, 3.8) is 0 Å². The quantitative estimate of drug-likeness (QED) is 0.528. The number of halogens is 1. The standard InChI is InChI=1S/C13H25BrN2O3/c1-13(2,3)19-12(18)16-10-9-15-11(17)7-5-4-6-8-14/h4-10H2,1-3H3,(H,15,17)(H,16,18). The summed E-state index contributed by atoms with van der Waals surface area (Å²) >= 11 is 3.35. The van der Waals surface area contributed by atoms with Crippen molar-refractivity contribution in [1.82, 2.24) is 10.6 Å². The number of amides is 2. The third kappa shape index (κ3) is 13.5. The summed E-state index contributed by atoms with van der Waals surface area (Å²) in [5.74, 6) is 0.0283. The van der Waals surface area contributed by atoms with Crippen LogP contribution in [0.15, 0.2) is 0 Å². The molecule has 0 aromatic heterocycles. The van der Waals surface area contributed by atoms with E-state index in [1.54, 1.807) is 20.8 Å². The maximum atomic E-state index is 11.4. The van der Waals surface area contributed by atoms with Gasteiger partial charge >= 0.3 is 6.09 Å². The number of unbranched alkanes of at least 4 members (excludes halogenated alkanes) is 2. The molecule has 0 atom stereocenters.